The fourth-order valence-corrected chi connectivity index (χ4v) is 3.76. The Labute approximate surface area is 140 Å². The lowest BCUT2D eigenvalue weighted by molar-refractivity contribution is -0.145. The zero-order chi connectivity index (χ0) is 17.1. The first-order valence-corrected chi connectivity index (χ1v) is 8.39. The molecule has 128 valence electrons. The van der Waals surface area contributed by atoms with Gasteiger partial charge in [0.05, 0.1) is 17.4 Å². The number of nitrogens with zero attached hydrogens (tertiary/aromatic N) is 2. The van der Waals surface area contributed by atoms with E-state index in [9.17, 15) is 14.4 Å². The lowest BCUT2D eigenvalue weighted by Gasteiger charge is -2.40. The highest BCUT2D eigenvalue weighted by molar-refractivity contribution is 6.39. The van der Waals surface area contributed by atoms with Gasteiger partial charge < -0.3 is 16.0 Å². The Morgan fingerprint density at radius 2 is 1.88 bits per heavy atom. The zero-order valence-electron chi connectivity index (χ0n) is 13.5. The smallest absolute Gasteiger partial charge is 0.313 e. The van der Waals surface area contributed by atoms with Crippen molar-refractivity contribution in [1.29, 1.82) is 0 Å². The van der Waals surface area contributed by atoms with Crippen LogP contribution in [0.15, 0.2) is 18.5 Å². The minimum atomic E-state index is -0.701. The summed E-state index contributed by atoms with van der Waals surface area (Å²) in [6.45, 7) is 1.30. The van der Waals surface area contributed by atoms with Crippen LogP contribution in [0.5, 0.6) is 0 Å². The van der Waals surface area contributed by atoms with Gasteiger partial charge in [0.1, 0.15) is 0 Å². The van der Waals surface area contributed by atoms with Crippen molar-refractivity contribution in [2.45, 2.75) is 32.1 Å². The molecule has 3 rings (SSSR count). The summed E-state index contributed by atoms with van der Waals surface area (Å²) < 4.78 is 0. The lowest BCUT2D eigenvalue weighted by atomic mass is 9.75. The second-order valence-corrected chi connectivity index (χ2v) is 6.63. The van der Waals surface area contributed by atoms with Gasteiger partial charge in [0.2, 0.25) is 5.91 Å². The van der Waals surface area contributed by atoms with Gasteiger partial charge in [0, 0.05) is 19.3 Å². The van der Waals surface area contributed by atoms with E-state index in [4.69, 9.17) is 5.73 Å². The average Bonchev–Trinajstić information content (AvgIpc) is 2.60. The number of carbonyl (C=O) groups excluding carboxylic acids is 3. The molecule has 1 aromatic heterocycles. The van der Waals surface area contributed by atoms with E-state index in [0.29, 0.717) is 24.9 Å². The molecule has 7 heteroatoms. The van der Waals surface area contributed by atoms with E-state index in [2.05, 4.69) is 10.3 Å². The summed E-state index contributed by atoms with van der Waals surface area (Å²) in [6, 6.07) is 1.41. The number of primary amides is 1. The fraction of sp³-hybridized carbons (Fsp3) is 0.529. The van der Waals surface area contributed by atoms with Crippen LogP contribution in [-0.2, 0) is 9.59 Å². The normalized spacial score (nSPS) is 23.2. The van der Waals surface area contributed by atoms with Gasteiger partial charge in [-0.1, -0.05) is 19.3 Å². The minimum absolute atomic E-state index is 0.184. The number of nitrogens with two attached hydrogens (primary N) is 1. The fourth-order valence-electron chi connectivity index (χ4n) is 3.76. The van der Waals surface area contributed by atoms with Gasteiger partial charge in [-0.2, -0.15) is 0 Å². The Kier molecular flexibility index (Phi) is 4.78. The summed E-state index contributed by atoms with van der Waals surface area (Å²) in [5.41, 5.74) is 5.66. The van der Waals surface area contributed by atoms with E-state index in [1.54, 1.807) is 4.90 Å². The van der Waals surface area contributed by atoms with Crippen LogP contribution in [0.2, 0.25) is 0 Å². The third-order valence-corrected chi connectivity index (χ3v) is 5.05. The topological polar surface area (TPSA) is 105 Å². The number of likely N-dealkylation sites (tertiary alicyclic amines) is 1. The van der Waals surface area contributed by atoms with E-state index in [-0.39, 0.29) is 11.3 Å². The van der Waals surface area contributed by atoms with Crippen LogP contribution in [0, 0.1) is 11.8 Å². The van der Waals surface area contributed by atoms with Crippen molar-refractivity contribution in [2.75, 3.05) is 18.4 Å². The highest BCUT2D eigenvalue weighted by Crippen LogP contribution is 2.36. The summed E-state index contributed by atoms with van der Waals surface area (Å²) in [7, 11) is 0. The molecule has 0 aromatic carbocycles. The van der Waals surface area contributed by atoms with E-state index in [1.807, 2.05) is 0 Å². The number of anilines is 1. The molecule has 2 aliphatic rings. The van der Waals surface area contributed by atoms with Gasteiger partial charge in [-0.05, 0) is 30.7 Å². The van der Waals surface area contributed by atoms with Crippen LogP contribution >= 0.6 is 0 Å². The second kappa shape index (κ2) is 6.98. The molecule has 0 spiro atoms. The number of piperidine rings is 1. The summed E-state index contributed by atoms with van der Waals surface area (Å²) in [6.07, 6.45) is 8.53. The van der Waals surface area contributed by atoms with Crippen LogP contribution in [0.3, 0.4) is 0 Å². The lowest BCUT2D eigenvalue weighted by Crippen LogP contribution is -2.48. The molecule has 1 aliphatic heterocycles. The Hall–Kier alpha value is -2.44. The number of fused-ring (bicyclic) bond motifs is 1. The molecule has 0 bridgehead atoms. The molecule has 3 amide bonds. The van der Waals surface area contributed by atoms with Crippen molar-refractivity contribution >= 4 is 23.4 Å². The maximum absolute atomic E-state index is 12.4. The SMILES string of the molecule is NC(=O)c1cncc(NC(=O)C(=O)N2CC[C@@H]3CCCC[C@@H]3C2)c1. The number of carbonyl (C=O) groups is 3. The van der Waals surface area contributed by atoms with Gasteiger partial charge >= 0.3 is 11.8 Å². The molecule has 1 aliphatic carbocycles. The molecule has 1 saturated heterocycles. The Morgan fingerprint density at radius 3 is 2.62 bits per heavy atom. The number of amides is 3. The third kappa shape index (κ3) is 3.55. The van der Waals surface area contributed by atoms with Crippen LogP contribution in [0.1, 0.15) is 42.5 Å². The van der Waals surface area contributed by atoms with Crippen molar-refractivity contribution in [3.05, 3.63) is 24.0 Å². The first kappa shape index (κ1) is 16.4. The van der Waals surface area contributed by atoms with Crippen LogP contribution < -0.4 is 11.1 Å². The van der Waals surface area contributed by atoms with Crippen molar-refractivity contribution in [3.63, 3.8) is 0 Å². The molecule has 0 unspecified atom stereocenters. The van der Waals surface area contributed by atoms with Crippen molar-refractivity contribution in [2.24, 2.45) is 17.6 Å². The maximum atomic E-state index is 12.4. The first-order chi connectivity index (χ1) is 11.5. The van der Waals surface area contributed by atoms with Gasteiger partial charge in [0.15, 0.2) is 0 Å². The largest absolute Gasteiger partial charge is 0.366 e. The number of hydrogen-bond acceptors (Lipinski definition) is 4. The molecule has 2 fully saturated rings. The standard InChI is InChI=1S/C17H22N4O3/c18-15(22)13-7-14(9-19-8-13)20-16(23)17(24)21-6-5-11-3-1-2-4-12(11)10-21/h7-9,11-12H,1-6,10H2,(H2,18,22)(H,20,23)/t11-,12+/m0/s1. The Bertz CT molecular complexity index is 661. The Balaban J connectivity index is 1.61. The molecule has 24 heavy (non-hydrogen) atoms. The summed E-state index contributed by atoms with van der Waals surface area (Å²) in [5.74, 6) is -0.646. The number of nitrogens with one attached hydrogen (secondary N) is 1. The number of rotatable bonds is 2. The predicted molar refractivity (Wildman–Crippen MR) is 88.0 cm³/mol. The summed E-state index contributed by atoms with van der Waals surface area (Å²) in [4.78, 5) is 41.2. The number of aromatic nitrogens is 1. The minimum Gasteiger partial charge on any atom is -0.366 e. The van der Waals surface area contributed by atoms with E-state index < -0.39 is 17.7 Å². The average molecular weight is 330 g/mol. The molecular weight excluding hydrogens is 308 g/mol. The molecule has 1 aromatic rings. The molecule has 1 saturated carbocycles. The van der Waals surface area contributed by atoms with E-state index in [1.165, 1.54) is 37.7 Å². The van der Waals surface area contributed by atoms with Crippen molar-refractivity contribution < 1.29 is 14.4 Å². The zero-order valence-corrected chi connectivity index (χ0v) is 13.5. The second-order valence-electron chi connectivity index (χ2n) is 6.63. The van der Waals surface area contributed by atoms with Crippen LogP contribution in [0.4, 0.5) is 5.69 Å². The highest BCUT2D eigenvalue weighted by Gasteiger charge is 2.34. The first-order valence-electron chi connectivity index (χ1n) is 8.39. The van der Waals surface area contributed by atoms with E-state index >= 15 is 0 Å². The highest BCUT2D eigenvalue weighted by atomic mass is 16.2. The predicted octanol–water partition coefficient (Wildman–Crippen LogP) is 1.16. The molecule has 3 N–H and O–H groups in total. The third-order valence-electron chi connectivity index (χ3n) is 5.05. The quantitative estimate of drug-likeness (QED) is 0.794. The summed E-state index contributed by atoms with van der Waals surface area (Å²) >= 11 is 0. The molecular formula is C17H22N4O3. The molecule has 2 atom stereocenters. The van der Waals surface area contributed by atoms with Gasteiger partial charge in [-0.25, -0.2) is 0 Å². The van der Waals surface area contributed by atoms with Crippen LogP contribution in [-0.4, -0.2) is 40.7 Å². The van der Waals surface area contributed by atoms with Crippen molar-refractivity contribution in [3.8, 4) is 0 Å². The molecule has 2 heterocycles. The summed E-state index contributed by atoms with van der Waals surface area (Å²) in [5, 5.41) is 2.51. The molecule has 0 radical (unpaired) electrons. The van der Waals surface area contributed by atoms with Crippen LogP contribution in [0.25, 0.3) is 0 Å². The number of pyridine rings is 1. The van der Waals surface area contributed by atoms with Gasteiger partial charge in [0.25, 0.3) is 0 Å². The molecule has 7 nitrogen and oxygen atoms in total. The van der Waals surface area contributed by atoms with Gasteiger partial charge in [-0.3, -0.25) is 19.4 Å². The van der Waals surface area contributed by atoms with Gasteiger partial charge in [-0.15, -0.1) is 0 Å². The Morgan fingerprint density at radius 1 is 1.12 bits per heavy atom. The van der Waals surface area contributed by atoms with E-state index in [0.717, 1.165) is 12.8 Å². The number of hydrogen-bond donors (Lipinski definition) is 2. The van der Waals surface area contributed by atoms with Crippen molar-refractivity contribution in [1.82, 2.24) is 9.88 Å². The monoisotopic (exact) mass is 330 g/mol. The maximum Gasteiger partial charge on any atom is 0.313 e.